The van der Waals surface area contributed by atoms with Gasteiger partial charge in [-0.3, -0.25) is 14.5 Å². The molecule has 1 N–H and O–H groups in total. The molecule has 2 atom stereocenters. The van der Waals surface area contributed by atoms with Crippen molar-refractivity contribution in [2.45, 2.75) is 44.2 Å². The molecule has 2 aliphatic heterocycles. The van der Waals surface area contributed by atoms with Gasteiger partial charge < -0.3 is 10.1 Å². The molecule has 1 saturated heterocycles. The average Bonchev–Trinajstić information content (AvgIpc) is 2.64. The van der Waals surface area contributed by atoms with Gasteiger partial charge in [0.2, 0.25) is 5.91 Å². The molecule has 0 aromatic heterocycles. The standard InChI is InChI=1S/C20H23FN2O4S/c1-20(2,3)27-19(26)16-13(10-21)11-28-18-15(17(25)23(16)18)22-14(24)9-12-7-5-4-6-8-12/h4-8,15,18H,9-11H2,1-3H3,(H,22,24)/t15-,18-/m1/s1. The first-order valence-corrected chi connectivity index (χ1v) is 10.1. The van der Waals surface area contributed by atoms with E-state index in [0.29, 0.717) is 0 Å². The molecule has 6 nitrogen and oxygen atoms in total. The van der Waals surface area contributed by atoms with Crippen LogP contribution in [0.25, 0.3) is 0 Å². The topological polar surface area (TPSA) is 75.7 Å². The number of rotatable bonds is 5. The maximum absolute atomic E-state index is 13.4. The zero-order chi connectivity index (χ0) is 20.5. The number of hydrogen-bond acceptors (Lipinski definition) is 5. The number of ether oxygens (including phenoxy) is 1. The molecule has 0 spiro atoms. The van der Waals surface area contributed by atoms with E-state index in [1.165, 1.54) is 16.7 Å². The van der Waals surface area contributed by atoms with Crippen LogP contribution >= 0.6 is 11.8 Å². The Morgan fingerprint density at radius 1 is 1.29 bits per heavy atom. The Kier molecular flexibility index (Phi) is 5.79. The normalized spacial score (nSPS) is 21.7. The maximum atomic E-state index is 13.4. The van der Waals surface area contributed by atoms with E-state index in [2.05, 4.69) is 5.32 Å². The van der Waals surface area contributed by atoms with Crippen molar-refractivity contribution in [2.75, 3.05) is 12.4 Å². The van der Waals surface area contributed by atoms with Gasteiger partial charge in [0.05, 0.1) is 6.42 Å². The summed E-state index contributed by atoms with van der Waals surface area (Å²) >= 11 is 1.33. The fourth-order valence-corrected chi connectivity index (χ4v) is 4.43. The van der Waals surface area contributed by atoms with Gasteiger partial charge in [-0.2, -0.15) is 0 Å². The molecule has 0 unspecified atom stereocenters. The quantitative estimate of drug-likeness (QED) is 0.599. The summed E-state index contributed by atoms with van der Waals surface area (Å²) in [5, 5.41) is 2.30. The number of thioether (sulfide) groups is 1. The average molecular weight is 406 g/mol. The van der Waals surface area contributed by atoms with Crippen LogP contribution in [0.1, 0.15) is 26.3 Å². The molecule has 2 heterocycles. The molecule has 0 radical (unpaired) electrons. The van der Waals surface area contributed by atoms with Gasteiger partial charge in [-0.1, -0.05) is 30.3 Å². The van der Waals surface area contributed by atoms with Crippen LogP contribution in [0, 0.1) is 0 Å². The van der Waals surface area contributed by atoms with Gasteiger partial charge in [-0.15, -0.1) is 11.8 Å². The lowest BCUT2D eigenvalue weighted by Crippen LogP contribution is -2.70. The lowest BCUT2D eigenvalue weighted by Gasteiger charge is -2.49. The summed E-state index contributed by atoms with van der Waals surface area (Å²) < 4.78 is 18.8. The van der Waals surface area contributed by atoms with Gasteiger partial charge in [0.1, 0.15) is 29.4 Å². The van der Waals surface area contributed by atoms with E-state index in [9.17, 15) is 18.8 Å². The summed E-state index contributed by atoms with van der Waals surface area (Å²) in [6.07, 6.45) is 0.159. The number of fused-ring (bicyclic) bond motifs is 1. The predicted octanol–water partition coefficient (Wildman–Crippen LogP) is 2.19. The Morgan fingerprint density at radius 3 is 2.57 bits per heavy atom. The summed E-state index contributed by atoms with van der Waals surface area (Å²) in [5.74, 6) is -1.15. The Hall–Kier alpha value is -2.35. The number of amides is 2. The van der Waals surface area contributed by atoms with Crippen molar-refractivity contribution in [3.8, 4) is 0 Å². The van der Waals surface area contributed by atoms with Crippen LogP contribution in [0.15, 0.2) is 41.6 Å². The number of halogens is 1. The summed E-state index contributed by atoms with van der Waals surface area (Å²) in [4.78, 5) is 38.8. The van der Waals surface area contributed by atoms with Crippen LogP contribution in [0.3, 0.4) is 0 Å². The lowest BCUT2D eigenvalue weighted by atomic mass is 10.0. The molecule has 1 fully saturated rings. The number of nitrogens with one attached hydrogen (secondary N) is 1. The molecule has 0 bridgehead atoms. The number of esters is 1. The van der Waals surface area contributed by atoms with E-state index in [1.54, 1.807) is 20.8 Å². The van der Waals surface area contributed by atoms with E-state index in [4.69, 9.17) is 4.74 Å². The molecule has 28 heavy (non-hydrogen) atoms. The summed E-state index contributed by atoms with van der Waals surface area (Å²) in [6.45, 7) is 4.30. The third kappa shape index (κ3) is 4.22. The molecule has 1 aromatic rings. The third-order valence-electron chi connectivity index (χ3n) is 4.32. The van der Waals surface area contributed by atoms with Gasteiger partial charge in [-0.25, -0.2) is 9.18 Å². The van der Waals surface area contributed by atoms with Crippen LogP contribution in [0.5, 0.6) is 0 Å². The Bertz CT molecular complexity index is 819. The van der Waals surface area contributed by atoms with E-state index < -0.39 is 35.6 Å². The van der Waals surface area contributed by atoms with E-state index in [0.717, 1.165) is 5.56 Å². The zero-order valence-electron chi connectivity index (χ0n) is 16.0. The van der Waals surface area contributed by atoms with Gasteiger partial charge in [0.25, 0.3) is 5.91 Å². The highest BCUT2D eigenvalue weighted by Crippen LogP contribution is 2.41. The number of nitrogens with zero attached hydrogens (tertiary/aromatic N) is 1. The van der Waals surface area contributed by atoms with Crippen molar-refractivity contribution in [1.29, 1.82) is 0 Å². The number of hydrogen-bond donors (Lipinski definition) is 1. The molecule has 0 saturated carbocycles. The Morgan fingerprint density at radius 2 is 1.96 bits per heavy atom. The highest BCUT2D eigenvalue weighted by molar-refractivity contribution is 8.00. The van der Waals surface area contributed by atoms with Crippen molar-refractivity contribution >= 4 is 29.5 Å². The van der Waals surface area contributed by atoms with Crippen LogP contribution in [-0.2, 0) is 25.5 Å². The number of β-lactam (4-membered cyclic amide) rings is 1. The smallest absolute Gasteiger partial charge is 0.355 e. The van der Waals surface area contributed by atoms with Gasteiger partial charge >= 0.3 is 5.97 Å². The SMILES string of the molecule is CC(C)(C)OC(=O)C1=C(CF)CS[C@@H]2[C@H](NC(=O)Cc3ccccc3)C(=O)N12. The summed E-state index contributed by atoms with van der Waals surface area (Å²) in [6, 6.07) is 8.47. The molecule has 3 rings (SSSR count). The minimum atomic E-state index is -0.830. The number of alkyl halides is 1. The first kappa shape index (κ1) is 20.4. The second-order valence-corrected chi connectivity index (χ2v) is 8.81. The van der Waals surface area contributed by atoms with E-state index >= 15 is 0 Å². The summed E-state index contributed by atoms with van der Waals surface area (Å²) in [7, 11) is 0. The molecule has 1 aromatic carbocycles. The van der Waals surface area contributed by atoms with Gasteiger partial charge in [-0.05, 0) is 26.3 Å². The molecular weight excluding hydrogens is 383 g/mol. The minimum absolute atomic E-state index is 0.0280. The predicted molar refractivity (Wildman–Crippen MR) is 104 cm³/mol. The molecule has 150 valence electrons. The summed E-state index contributed by atoms with van der Waals surface area (Å²) in [5.41, 5.74) is 0.287. The monoisotopic (exact) mass is 406 g/mol. The third-order valence-corrected chi connectivity index (χ3v) is 5.66. The number of carbonyl (C=O) groups excluding carboxylic acids is 3. The van der Waals surface area contributed by atoms with Gasteiger partial charge in [0, 0.05) is 11.3 Å². The van der Waals surface area contributed by atoms with Gasteiger partial charge in [0.15, 0.2) is 0 Å². The highest BCUT2D eigenvalue weighted by Gasteiger charge is 2.54. The first-order chi connectivity index (χ1) is 13.2. The van der Waals surface area contributed by atoms with Crippen LogP contribution in [0.4, 0.5) is 4.39 Å². The fraction of sp³-hybridized carbons (Fsp3) is 0.450. The maximum Gasteiger partial charge on any atom is 0.355 e. The zero-order valence-corrected chi connectivity index (χ0v) is 16.8. The fourth-order valence-electron chi connectivity index (χ4n) is 3.11. The number of benzene rings is 1. The van der Waals surface area contributed by atoms with E-state index in [-0.39, 0.29) is 29.4 Å². The van der Waals surface area contributed by atoms with E-state index in [1.807, 2.05) is 30.3 Å². The number of carbonyl (C=O) groups is 3. The van der Waals surface area contributed by atoms with Crippen molar-refractivity contribution in [2.24, 2.45) is 0 Å². The first-order valence-electron chi connectivity index (χ1n) is 9.00. The largest absolute Gasteiger partial charge is 0.455 e. The van der Waals surface area contributed by atoms with Crippen LogP contribution in [-0.4, -0.2) is 52.1 Å². The Balaban J connectivity index is 1.71. The minimum Gasteiger partial charge on any atom is -0.455 e. The second-order valence-electron chi connectivity index (χ2n) is 7.71. The second kappa shape index (κ2) is 7.95. The Labute approximate surface area is 167 Å². The molecule has 0 aliphatic carbocycles. The highest BCUT2D eigenvalue weighted by atomic mass is 32.2. The molecule has 2 aliphatic rings. The van der Waals surface area contributed by atoms with Crippen molar-refractivity contribution in [3.63, 3.8) is 0 Å². The molecular formula is C20H23FN2O4S. The van der Waals surface area contributed by atoms with Crippen molar-refractivity contribution in [1.82, 2.24) is 10.2 Å². The van der Waals surface area contributed by atoms with Crippen molar-refractivity contribution < 1.29 is 23.5 Å². The molecule has 8 heteroatoms. The van der Waals surface area contributed by atoms with Crippen molar-refractivity contribution in [3.05, 3.63) is 47.2 Å². The van der Waals surface area contributed by atoms with Crippen LogP contribution in [0.2, 0.25) is 0 Å². The lowest BCUT2D eigenvalue weighted by molar-refractivity contribution is -0.159. The van der Waals surface area contributed by atoms with Crippen LogP contribution < -0.4 is 5.32 Å². The molecule has 2 amide bonds.